The van der Waals surface area contributed by atoms with Crippen LogP contribution in [0.2, 0.25) is 0 Å². The van der Waals surface area contributed by atoms with Crippen molar-refractivity contribution in [1.82, 2.24) is 5.06 Å². The first-order valence-corrected chi connectivity index (χ1v) is 5.63. The molecule has 1 radical (unpaired) electrons. The number of benzene rings is 1. The van der Waals surface area contributed by atoms with Gasteiger partial charge in [0.05, 0.1) is 0 Å². The van der Waals surface area contributed by atoms with Crippen molar-refractivity contribution in [3.63, 3.8) is 0 Å². The molecule has 2 rings (SSSR count). The van der Waals surface area contributed by atoms with Gasteiger partial charge in [0.1, 0.15) is 11.5 Å². The number of carbonyl (C=O) groups excluding carboxylic acids is 1. The molecule has 1 fully saturated rings. The number of alkyl halides is 3. The van der Waals surface area contributed by atoms with Crippen LogP contribution in [0.15, 0.2) is 24.3 Å². The van der Waals surface area contributed by atoms with Gasteiger partial charge in [-0.3, -0.25) is 4.79 Å². The smallest absolute Gasteiger partial charge is 0.406 e. The number of hydroxylamine groups is 2. The highest BCUT2D eigenvalue weighted by atomic mass is 19.4. The molecule has 19 heavy (non-hydrogen) atoms. The summed E-state index contributed by atoms with van der Waals surface area (Å²) < 4.78 is 39.6. The van der Waals surface area contributed by atoms with E-state index in [1.54, 1.807) is 5.06 Å². The molecule has 1 aliphatic heterocycles. The number of hydrogen-bond donors (Lipinski definition) is 0. The fourth-order valence-corrected chi connectivity index (χ4v) is 1.76. The van der Waals surface area contributed by atoms with Gasteiger partial charge in [0, 0.05) is 19.0 Å². The molecule has 0 bridgehead atoms. The number of nitrogens with zero attached hydrogens (tertiary/aromatic N) is 1. The molecular weight excluding hydrogens is 263 g/mol. The zero-order chi connectivity index (χ0) is 13.9. The Labute approximate surface area is 107 Å². The minimum Gasteiger partial charge on any atom is -0.406 e. The summed E-state index contributed by atoms with van der Waals surface area (Å²) >= 11 is 0. The van der Waals surface area contributed by atoms with Crippen molar-refractivity contribution < 1.29 is 27.5 Å². The van der Waals surface area contributed by atoms with Crippen molar-refractivity contribution >= 4 is 6.29 Å². The van der Waals surface area contributed by atoms with E-state index in [2.05, 4.69) is 4.74 Å². The summed E-state index contributed by atoms with van der Waals surface area (Å²) in [4.78, 5) is 15.9. The zero-order valence-corrected chi connectivity index (χ0v) is 9.81. The summed E-state index contributed by atoms with van der Waals surface area (Å²) in [5, 5.41) is 1.58. The van der Waals surface area contributed by atoms with E-state index in [1.807, 2.05) is 6.29 Å². The number of halogens is 3. The van der Waals surface area contributed by atoms with Gasteiger partial charge >= 0.3 is 6.36 Å². The predicted octanol–water partition coefficient (Wildman–Crippen LogP) is 2.31. The highest BCUT2D eigenvalue weighted by molar-refractivity contribution is 5.55. The van der Waals surface area contributed by atoms with Crippen LogP contribution in [0.4, 0.5) is 13.2 Å². The minimum atomic E-state index is -4.70. The average molecular weight is 274 g/mol. The van der Waals surface area contributed by atoms with Crippen LogP contribution in [0, 0.1) is 5.92 Å². The van der Waals surface area contributed by atoms with Crippen molar-refractivity contribution in [3.8, 4) is 11.5 Å². The molecule has 0 spiro atoms. The largest absolute Gasteiger partial charge is 0.573 e. The quantitative estimate of drug-likeness (QED) is 0.844. The monoisotopic (exact) mass is 274 g/mol. The first-order chi connectivity index (χ1) is 8.96. The Morgan fingerprint density at radius 1 is 1.21 bits per heavy atom. The van der Waals surface area contributed by atoms with E-state index < -0.39 is 6.36 Å². The number of hydrogen-bond acceptors (Lipinski definition) is 4. The number of ether oxygens (including phenoxy) is 1. The third-order valence-corrected chi connectivity index (χ3v) is 2.61. The second-order valence-corrected chi connectivity index (χ2v) is 4.10. The van der Waals surface area contributed by atoms with Gasteiger partial charge < -0.3 is 9.57 Å². The Morgan fingerprint density at radius 2 is 1.84 bits per heavy atom. The Bertz CT molecular complexity index is 433. The predicted molar refractivity (Wildman–Crippen MR) is 59.1 cm³/mol. The topological polar surface area (TPSA) is 38.8 Å². The van der Waals surface area contributed by atoms with E-state index >= 15 is 0 Å². The van der Waals surface area contributed by atoms with E-state index in [0.29, 0.717) is 25.3 Å². The van der Waals surface area contributed by atoms with E-state index in [9.17, 15) is 18.0 Å². The van der Waals surface area contributed by atoms with Crippen LogP contribution >= 0.6 is 0 Å². The lowest BCUT2D eigenvalue weighted by Gasteiger charge is -2.16. The van der Waals surface area contributed by atoms with Crippen molar-refractivity contribution in [2.75, 3.05) is 13.1 Å². The van der Waals surface area contributed by atoms with E-state index in [-0.39, 0.29) is 11.7 Å². The molecule has 1 atom stereocenters. The molecule has 0 aliphatic carbocycles. The molecule has 1 aromatic carbocycles. The van der Waals surface area contributed by atoms with Crippen LogP contribution < -0.4 is 9.57 Å². The van der Waals surface area contributed by atoms with Crippen LogP contribution in [-0.2, 0) is 4.79 Å². The lowest BCUT2D eigenvalue weighted by Crippen LogP contribution is -2.25. The standard InChI is InChI=1S/C12H11F3NO3/c13-12(14,15)18-10-1-3-11(4-2-10)19-16-6-5-9(7-16)8-17/h1-4,9H,5-7H2. The maximum atomic E-state index is 12.0. The second kappa shape index (κ2) is 5.48. The van der Waals surface area contributed by atoms with Crippen molar-refractivity contribution in [2.24, 2.45) is 5.92 Å². The summed E-state index contributed by atoms with van der Waals surface area (Å²) in [5.74, 6) is -0.0886. The van der Waals surface area contributed by atoms with Crippen molar-refractivity contribution in [1.29, 1.82) is 0 Å². The lowest BCUT2D eigenvalue weighted by atomic mass is 10.1. The first-order valence-electron chi connectivity index (χ1n) is 5.63. The van der Waals surface area contributed by atoms with E-state index in [1.165, 1.54) is 24.3 Å². The van der Waals surface area contributed by atoms with E-state index in [4.69, 9.17) is 4.84 Å². The molecule has 1 aliphatic rings. The molecule has 0 aromatic heterocycles. The fourth-order valence-electron chi connectivity index (χ4n) is 1.76. The van der Waals surface area contributed by atoms with Crippen LogP contribution in [0.1, 0.15) is 6.42 Å². The minimum absolute atomic E-state index is 0.173. The van der Waals surface area contributed by atoms with Gasteiger partial charge in [-0.05, 0) is 30.7 Å². The molecule has 1 saturated heterocycles. The molecule has 7 heteroatoms. The maximum Gasteiger partial charge on any atom is 0.573 e. The van der Waals surface area contributed by atoms with Crippen LogP contribution in [0.25, 0.3) is 0 Å². The molecule has 4 nitrogen and oxygen atoms in total. The third-order valence-electron chi connectivity index (χ3n) is 2.61. The number of rotatable bonds is 4. The third kappa shape index (κ3) is 4.13. The molecule has 1 aromatic rings. The second-order valence-electron chi connectivity index (χ2n) is 4.10. The van der Waals surface area contributed by atoms with Crippen molar-refractivity contribution in [3.05, 3.63) is 24.3 Å². The van der Waals surface area contributed by atoms with Crippen LogP contribution in [0.5, 0.6) is 11.5 Å². The van der Waals surface area contributed by atoms with Gasteiger partial charge in [0.2, 0.25) is 6.29 Å². The van der Waals surface area contributed by atoms with Gasteiger partial charge in [0.25, 0.3) is 0 Å². The SMILES string of the molecule is O=[C]C1CCN(Oc2ccc(OC(F)(F)F)cc2)C1. The van der Waals surface area contributed by atoms with Gasteiger partial charge in [0.15, 0.2) is 0 Å². The first kappa shape index (κ1) is 13.7. The van der Waals surface area contributed by atoms with E-state index in [0.717, 1.165) is 0 Å². The molecule has 0 N–H and O–H groups in total. The van der Waals surface area contributed by atoms with Crippen LogP contribution in [0.3, 0.4) is 0 Å². The highest BCUT2D eigenvalue weighted by Crippen LogP contribution is 2.25. The maximum absolute atomic E-state index is 12.0. The zero-order valence-electron chi connectivity index (χ0n) is 9.81. The fraction of sp³-hybridized carbons (Fsp3) is 0.417. The molecule has 103 valence electrons. The summed E-state index contributed by atoms with van der Waals surface area (Å²) in [7, 11) is 0. The summed E-state index contributed by atoms with van der Waals surface area (Å²) in [5.41, 5.74) is 0. The summed E-state index contributed by atoms with van der Waals surface area (Å²) in [6.45, 7) is 1.02. The molecule has 0 saturated carbocycles. The Balaban J connectivity index is 1.90. The normalized spacial score (nSPS) is 20.3. The van der Waals surface area contributed by atoms with Gasteiger partial charge in [-0.15, -0.1) is 18.2 Å². The molecule has 0 amide bonds. The Hall–Kier alpha value is -1.76. The van der Waals surface area contributed by atoms with Gasteiger partial charge in [-0.1, -0.05) is 0 Å². The highest BCUT2D eigenvalue weighted by Gasteiger charge is 2.31. The lowest BCUT2D eigenvalue weighted by molar-refractivity contribution is -0.274. The van der Waals surface area contributed by atoms with Gasteiger partial charge in [-0.25, -0.2) is 0 Å². The molecular formula is C12H11F3NO3. The Kier molecular flexibility index (Phi) is 3.94. The molecule has 1 unspecified atom stereocenters. The van der Waals surface area contributed by atoms with Crippen molar-refractivity contribution in [2.45, 2.75) is 12.8 Å². The summed E-state index contributed by atoms with van der Waals surface area (Å²) in [6, 6.07) is 5.09. The summed E-state index contributed by atoms with van der Waals surface area (Å²) in [6.07, 6.45) is -2.14. The van der Waals surface area contributed by atoms with Gasteiger partial charge in [-0.2, -0.15) is 0 Å². The Morgan fingerprint density at radius 3 is 2.37 bits per heavy atom. The molecule has 1 heterocycles. The average Bonchev–Trinajstić information content (AvgIpc) is 2.77. The van der Waals surface area contributed by atoms with Crippen LogP contribution in [-0.4, -0.2) is 30.8 Å².